The van der Waals surface area contributed by atoms with Gasteiger partial charge in [-0.2, -0.15) is 0 Å². The molecule has 0 atom stereocenters. The van der Waals surface area contributed by atoms with E-state index in [0.29, 0.717) is 5.56 Å². The van der Waals surface area contributed by atoms with E-state index in [-0.39, 0.29) is 11.6 Å². The largest absolute Gasteiger partial charge is 0.507 e. The summed E-state index contributed by atoms with van der Waals surface area (Å²) in [6.45, 7) is 0. The molecule has 0 aliphatic rings. The molecule has 0 amide bonds. The Morgan fingerprint density at radius 2 is 1.06 bits per heavy atom. The Hall–Kier alpha value is -4.43. The minimum Gasteiger partial charge on any atom is -0.507 e. The molecule has 0 aliphatic carbocycles. The zero-order valence-electron chi connectivity index (χ0n) is 18.4. The Labute approximate surface area is 197 Å². The molecule has 34 heavy (non-hydrogen) atoms. The fourth-order valence-electron chi connectivity index (χ4n) is 4.75. The van der Waals surface area contributed by atoms with Crippen LogP contribution < -0.4 is 0 Å². The number of benzene rings is 6. The molecule has 0 bridgehead atoms. The number of phenolic OH excluding ortho intramolecular Hbond substituents is 1. The van der Waals surface area contributed by atoms with Gasteiger partial charge in [0.15, 0.2) is 0 Å². The van der Waals surface area contributed by atoms with Gasteiger partial charge in [0, 0.05) is 5.56 Å². The van der Waals surface area contributed by atoms with Gasteiger partial charge >= 0.3 is 0 Å². The van der Waals surface area contributed by atoms with Gasteiger partial charge in [-0.3, -0.25) is 0 Å². The van der Waals surface area contributed by atoms with Gasteiger partial charge in [0.1, 0.15) is 11.6 Å². The number of aromatic hydroxyl groups is 1. The van der Waals surface area contributed by atoms with Gasteiger partial charge < -0.3 is 5.11 Å². The molecule has 0 aliphatic heterocycles. The standard InChI is InChI=1S/C32H21FO/c33-26-14-17-32(34)31(20-26)24-9-5-8-23(19-24)27-15-16-28(30-11-4-3-10-29(27)30)25-13-12-21-6-1-2-7-22(21)18-25/h1-20,34H. The van der Waals surface area contributed by atoms with Crippen molar-refractivity contribution in [2.75, 3.05) is 0 Å². The summed E-state index contributed by atoms with van der Waals surface area (Å²) in [5.41, 5.74) is 5.74. The number of hydrogen-bond donors (Lipinski definition) is 1. The molecule has 0 saturated heterocycles. The molecular weight excluding hydrogens is 419 g/mol. The number of hydrogen-bond acceptors (Lipinski definition) is 1. The second-order valence-electron chi connectivity index (χ2n) is 8.51. The van der Waals surface area contributed by atoms with Gasteiger partial charge in [-0.25, -0.2) is 4.39 Å². The van der Waals surface area contributed by atoms with Crippen molar-refractivity contribution in [3.05, 3.63) is 127 Å². The Kier molecular flexibility index (Phi) is 4.85. The topological polar surface area (TPSA) is 20.2 Å². The maximum atomic E-state index is 13.9. The van der Waals surface area contributed by atoms with Crippen LogP contribution in [0.15, 0.2) is 121 Å². The zero-order valence-corrected chi connectivity index (χ0v) is 18.4. The smallest absolute Gasteiger partial charge is 0.124 e. The lowest BCUT2D eigenvalue weighted by atomic mass is 9.90. The quantitative estimate of drug-likeness (QED) is 0.291. The number of halogens is 1. The lowest BCUT2D eigenvalue weighted by Gasteiger charge is -2.14. The summed E-state index contributed by atoms with van der Waals surface area (Å²) in [5, 5.41) is 15.1. The highest BCUT2D eigenvalue weighted by Crippen LogP contribution is 2.38. The minimum atomic E-state index is -0.372. The zero-order chi connectivity index (χ0) is 23.1. The molecule has 1 N–H and O–H groups in total. The molecule has 6 aromatic rings. The summed E-state index contributed by atoms with van der Waals surface area (Å²) < 4.78 is 13.9. The van der Waals surface area contributed by atoms with Crippen molar-refractivity contribution >= 4 is 21.5 Å². The second kappa shape index (κ2) is 8.17. The van der Waals surface area contributed by atoms with Gasteiger partial charge in [-0.15, -0.1) is 0 Å². The van der Waals surface area contributed by atoms with E-state index in [1.807, 2.05) is 18.2 Å². The first-order chi connectivity index (χ1) is 16.7. The van der Waals surface area contributed by atoms with Crippen molar-refractivity contribution in [3.8, 4) is 39.1 Å². The molecule has 6 aromatic carbocycles. The number of rotatable bonds is 3. The SMILES string of the molecule is Oc1ccc(F)cc1-c1cccc(-c2ccc(-c3ccc4ccccc4c3)c3ccccc23)c1. The van der Waals surface area contributed by atoms with Crippen LogP contribution in [-0.4, -0.2) is 5.11 Å². The summed E-state index contributed by atoms with van der Waals surface area (Å²) in [6.07, 6.45) is 0. The Bertz CT molecular complexity index is 1680. The molecule has 6 rings (SSSR count). The van der Waals surface area contributed by atoms with Crippen molar-refractivity contribution in [2.24, 2.45) is 0 Å². The van der Waals surface area contributed by atoms with E-state index in [0.717, 1.165) is 22.1 Å². The van der Waals surface area contributed by atoms with Crippen LogP contribution in [0.3, 0.4) is 0 Å². The average Bonchev–Trinajstić information content (AvgIpc) is 2.89. The molecule has 0 fully saturated rings. The Morgan fingerprint density at radius 3 is 1.79 bits per heavy atom. The monoisotopic (exact) mass is 440 g/mol. The van der Waals surface area contributed by atoms with Crippen molar-refractivity contribution in [1.29, 1.82) is 0 Å². The highest BCUT2D eigenvalue weighted by molar-refractivity contribution is 6.06. The van der Waals surface area contributed by atoms with Crippen LogP contribution in [0.25, 0.3) is 54.9 Å². The fourth-order valence-corrected chi connectivity index (χ4v) is 4.75. The van der Waals surface area contributed by atoms with Gasteiger partial charge in [-0.05, 0) is 79.7 Å². The van der Waals surface area contributed by atoms with Gasteiger partial charge in [0.05, 0.1) is 0 Å². The van der Waals surface area contributed by atoms with E-state index in [1.54, 1.807) is 0 Å². The molecule has 0 heterocycles. The van der Waals surface area contributed by atoms with Gasteiger partial charge in [0.25, 0.3) is 0 Å². The predicted molar refractivity (Wildman–Crippen MR) is 139 cm³/mol. The maximum absolute atomic E-state index is 13.9. The van der Waals surface area contributed by atoms with Crippen LogP contribution in [0.5, 0.6) is 5.75 Å². The number of fused-ring (bicyclic) bond motifs is 2. The molecule has 2 heteroatoms. The third-order valence-electron chi connectivity index (χ3n) is 6.43. The Balaban J connectivity index is 1.51. The molecule has 0 saturated carbocycles. The van der Waals surface area contributed by atoms with Crippen molar-refractivity contribution in [1.82, 2.24) is 0 Å². The summed E-state index contributed by atoms with van der Waals surface area (Å²) >= 11 is 0. The molecule has 0 unspecified atom stereocenters. The summed E-state index contributed by atoms with van der Waals surface area (Å²) in [5.74, 6) is -0.307. The van der Waals surface area contributed by atoms with Crippen molar-refractivity contribution < 1.29 is 9.50 Å². The molecule has 162 valence electrons. The van der Waals surface area contributed by atoms with Crippen molar-refractivity contribution in [3.63, 3.8) is 0 Å². The first kappa shape index (κ1) is 20.2. The predicted octanol–water partition coefficient (Wildman–Crippen LogP) is 8.84. The van der Waals surface area contributed by atoms with Crippen LogP contribution in [-0.2, 0) is 0 Å². The van der Waals surface area contributed by atoms with E-state index in [9.17, 15) is 9.50 Å². The highest BCUT2D eigenvalue weighted by Gasteiger charge is 2.12. The lowest BCUT2D eigenvalue weighted by molar-refractivity contribution is 0.475. The lowest BCUT2D eigenvalue weighted by Crippen LogP contribution is -1.88. The number of phenols is 1. The van der Waals surface area contributed by atoms with E-state index >= 15 is 0 Å². The summed E-state index contributed by atoms with van der Waals surface area (Å²) in [7, 11) is 0. The molecular formula is C32H21FO. The van der Waals surface area contributed by atoms with Crippen LogP contribution >= 0.6 is 0 Å². The first-order valence-electron chi connectivity index (χ1n) is 11.3. The second-order valence-corrected chi connectivity index (χ2v) is 8.51. The highest BCUT2D eigenvalue weighted by atomic mass is 19.1. The van der Waals surface area contributed by atoms with Crippen molar-refractivity contribution in [2.45, 2.75) is 0 Å². The molecule has 1 nitrogen and oxygen atoms in total. The Morgan fingerprint density at radius 1 is 0.441 bits per heavy atom. The summed E-state index contributed by atoms with van der Waals surface area (Å²) in [6, 6.07) is 39.7. The first-order valence-corrected chi connectivity index (χ1v) is 11.3. The van der Waals surface area contributed by atoms with E-state index in [2.05, 4.69) is 84.9 Å². The maximum Gasteiger partial charge on any atom is 0.124 e. The van der Waals surface area contributed by atoms with E-state index < -0.39 is 0 Å². The normalized spacial score (nSPS) is 11.2. The molecule has 0 radical (unpaired) electrons. The minimum absolute atomic E-state index is 0.0649. The van der Waals surface area contributed by atoms with Crippen LogP contribution in [0.1, 0.15) is 0 Å². The fraction of sp³-hybridized carbons (Fsp3) is 0. The third kappa shape index (κ3) is 3.50. The molecule has 0 aromatic heterocycles. The van der Waals surface area contributed by atoms with Crippen LogP contribution in [0.2, 0.25) is 0 Å². The third-order valence-corrected chi connectivity index (χ3v) is 6.43. The average molecular weight is 441 g/mol. The van der Waals surface area contributed by atoms with E-state index in [4.69, 9.17) is 0 Å². The molecule has 0 spiro atoms. The van der Waals surface area contributed by atoms with E-state index in [1.165, 1.54) is 45.5 Å². The van der Waals surface area contributed by atoms with Gasteiger partial charge in [-0.1, -0.05) is 91.0 Å². The van der Waals surface area contributed by atoms with Gasteiger partial charge in [0.2, 0.25) is 0 Å². The van der Waals surface area contributed by atoms with Crippen LogP contribution in [0.4, 0.5) is 4.39 Å². The summed E-state index contributed by atoms with van der Waals surface area (Å²) in [4.78, 5) is 0. The van der Waals surface area contributed by atoms with Crippen LogP contribution in [0, 0.1) is 5.82 Å².